The average Bonchev–Trinajstić information content (AvgIpc) is 2.93. The predicted molar refractivity (Wildman–Crippen MR) is 108 cm³/mol. The molecule has 0 atom stereocenters. The van der Waals surface area contributed by atoms with Crippen LogP contribution in [0, 0.1) is 0 Å². The van der Waals surface area contributed by atoms with Gasteiger partial charge < -0.3 is 0 Å². The first kappa shape index (κ1) is 18.2. The summed E-state index contributed by atoms with van der Waals surface area (Å²) in [6.45, 7) is 10.6. The van der Waals surface area contributed by atoms with Crippen molar-refractivity contribution < 1.29 is 0 Å². The van der Waals surface area contributed by atoms with Gasteiger partial charge in [0, 0.05) is 17.6 Å². The smallest absolute Gasteiger partial charge is 0.0467 e. The molecule has 0 aliphatic carbocycles. The number of benzene rings is 2. The maximum Gasteiger partial charge on any atom is 0.0467 e. The zero-order valence-electron chi connectivity index (χ0n) is 16.4. The Balaban J connectivity index is 2.05. The van der Waals surface area contributed by atoms with E-state index in [9.17, 15) is 0 Å². The second-order valence-electron chi connectivity index (χ2n) is 7.41. The minimum absolute atomic E-state index is 0.178. The van der Waals surface area contributed by atoms with Crippen LogP contribution in [0.3, 0.4) is 0 Å². The molecule has 1 aliphatic rings. The lowest BCUT2D eigenvalue weighted by Gasteiger charge is -2.47. The Kier molecular flexibility index (Phi) is 5.34. The molecule has 1 nitrogen and oxygen atoms in total. The van der Waals surface area contributed by atoms with E-state index in [1.54, 1.807) is 11.1 Å². The first-order chi connectivity index (χ1) is 12.2. The molecule has 0 saturated carbocycles. The minimum Gasteiger partial charge on any atom is -0.284 e. The van der Waals surface area contributed by atoms with Crippen molar-refractivity contribution in [2.45, 2.75) is 70.9 Å². The van der Waals surface area contributed by atoms with Crippen molar-refractivity contribution in [1.82, 2.24) is 4.90 Å². The van der Waals surface area contributed by atoms with Crippen molar-refractivity contribution >= 4 is 0 Å². The SMILES string of the molecule is CCC1(CC)c2ccccc2C(CC)(CC)N1CCc1ccccc1. The van der Waals surface area contributed by atoms with Gasteiger partial charge in [0.2, 0.25) is 0 Å². The summed E-state index contributed by atoms with van der Waals surface area (Å²) >= 11 is 0. The monoisotopic (exact) mass is 335 g/mol. The van der Waals surface area contributed by atoms with Crippen molar-refractivity contribution in [3.05, 3.63) is 71.3 Å². The van der Waals surface area contributed by atoms with Crippen LogP contribution in [0.4, 0.5) is 0 Å². The molecule has 0 fully saturated rings. The van der Waals surface area contributed by atoms with Crippen molar-refractivity contribution in [2.75, 3.05) is 6.54 Å². The highest BCUT2D eigenvalue weighted by molar-refractivity contribution is 5.45. The van der Waals surface area contributed by atoms with Crippen LogP contribution in [-0.2, 0) is 17.5 Å². The third-order valence-electron chi connectivity index (χ3n) is 6.77. The first-order valence-electron chi connectivity index (χ1n) is 10.1. The van der Waals surface area contributed by atoms with Gasteiger partial charge in [-0.25, -0.2) is 0 Å². The number of rotatable bonds is 7. The van der Waals surface area contributed by atoms with Crippen LogP contribution in [-0.4, -0.2) is 11.4 Å². The zero-order valence-corrected chi connectivity index (χ0v) is 16.4. The Labute approximate surface area is 154 Å². The summed E-state index contributed by atoms with van der Waals surface area (Å²) in [5, 5.41) is 0. The van der Waals surface area contributed by atoms with Gasteiger partial charge in [0.05, 0.1) is 0 Å². The fourth-order valence-electron chi connectivity index (χ4n) is 5.33. The van der Waals surface area contributed by atoms with Gasteiger partial charge in [-0.15, -0.1) is 0 Å². The summed E-state index contributed by atoms with van der Waals surface area (Å²) < 4.78 is 0. The molecule has 2 aromatic carbocycles. The number of nitrogens with zero attached hydrogens (tertiary/aromatic N) is 1. The van der Waals surface area contributed by atoms with E-state index in [1.165, 1.54) is 31.2 Å². The van der Waals surface area contributed by atoms with E-state index in [-0.39, 0.29) is 11.1 Å². The topological polar surface area (TPSA) is 3.24 Å². The zero-order chi connectivity index (χ0) is 17.9. The molecule has 0 bridgehead atoms. The van der Waals surface area contributed by atoms with Gasteiger partial charge >= 0.3 is 0 Å². The third-order valence-corrected chi connectivity index (χ3v) is 6.77. The predicted octanol–water partition coefficient (Wildman–Crippen LogP) is 6.28. The molecule has 3 rings (SSSR count). The first-order valence-corrected chi connectivity index (χ1v) is 10.1. The van der Waals surface area contributed by atoms with E-state index in [1.807, 2.05) is 0 Å². The Hall–Kier alpha value is -1.60. The molecule has 1 heterocycles. The largest absolute Gasteiger partial charge is 0.284 e. The lowest BCUT2D eigenvalue weighted by molar-refractivity contribution is -0.0141. The minimum atomic E-state index is 0.178. The second kappa shape index (κ2) is 7.33. The molecular formula is C24H33N. The Morgan fingerprint density at radius 2 is 1.08 bits per heavy atom. The summed E-state index contributed by atoms with van der Waals surface area (Å²) in [4.78, 5) is 2.87. The van der Waals surface area contributed by atoms with Gasteiger partial charge in [-0.05, 0) is 48.8 Å². The molecule has 2 aromatic rings. The summed E-state index contributed by atoms with van der Waals surface area (Å²) in [7, 11) is 0. The van der Waals surface area contributed by atoms with E-state index < -0.39 is 0 Å². The molecule has 1 aliphatic heterocycles. The van der Waals surface area contributed by atoms with Crippen LogP contribution in [0.2, 0.25) is 0 Å². The quantitative estimate of drug-likeness (QED) is 0.576. The van der Waals surface area contributed by atoms with Gasteiger partial charge in [0.15, 0.2) is 0 Å². The van der Waals surface area contributed by atoms with E-state index in [2.05, 4.69) is 87.2 Å². The number of fused-ring (bicyclic) bond motifs is 1. The van der Waals surface area contributed by atoms with E-state index in [0.29, 0.717) is 0 Å². The maximum absolute atomic E-state index is 2.87. The lowest BCUT2D eigenvalue weighted by Crippen LogP contribution is -2.51. The Morgan fingerprint density at radius 1 is 0.640 bits per heavy atom. The van der Waals surface area contributed by atoms with E-state index in [0.717, 1.165) is 13.0 Å². The summed E-state index contributed by atoms with van der Waals surface area (Å²) in [6, 6.07) is 20.2. The molecular weight excluding hydrogens is 302 g/mol. The molecule has 0 N–H and O–H groups in total. The van der Waals surface area contributed by atoms with Gasteiger partial charge in [-0.1, -0.05) is 82.3 Å². The lowest BCUT2D eigenvalue weighted by atomic mass is 9.83. The highest BCUT2D eigenvalue weighted by Crippen LogP contribution is 2.55. The molecule has 0 spiro atoms. The van der Waals surface area contributed by atoms with Crippen molar-refractivity contribution in [1.29, 1.82) is 0 Å². The van der Waals surface area contributed by atoms with Crippen molar-refractivity contribution in [3.8, 4) is 0 Å². The molecule has 0 amide bonds. The molecule has 25 heavy (non-hydrogen) atoms. The van der Waals surface area contributed by atoms with Crippen LogP contribution in [0.15, 0.2) is 54.6 Å². The van der Waals surface area contributed by atoms with Crippen LogP contribution in [0.25, 0.3) is 0 Å². The number of hydrogen-bond donors (Lipinski definition) is 0. The van der Waals surface area contributed by atoms with Crippen LogP contribution in [0.1, 0.15) is 70.1 Å². The highest BCUT2D eigenvalue weighted by Gasteiger charge is 2.54. The maximum atomic E-state index is 2.87. The van der Waals surface area contributed by atoms with Crippen LogP contribution in [0.5, 0.6) is 0 Å². The fraction of sp³-hybridized carbons (Fsp3) is 0.500. The molecule has 134 valence electrons. The summed E-state index contributed by atoms with van der Waals surface area (Å²) in [5.41, 5.74) is 4.96. The molecule has 0 saturated heterocycles. The third kappa shape index (κ3) is 2.73. The van der Waals surface area contributed by atoms with Crippen LogP contribution < -0.4 is 0 Å². The standard InChI is InChI=1S/C24H33N/c1-5-23(6-2)21-16-12-13-17-22(21)24(7-3,8-4)25(23)19-18-20-14-10-9-11-15-20/h9-17H,5-8,18-19H2,1-4H3. The van der Waals surface area contributed by atoms with Gasteiger partial charge in [0.1, 0.15) is 0 Å². The normalized spacial score (nSPS) is 18.2. The summed E-state index contributed by atoms with van der Waals surface area (Å²) in [6.07, 6.45) is 5.83. The highest BCUT2D eigenvalue weighted by atomic mass is 15.3. The van der Waals surface area contributed by atoms with E-state index in [4.69, 9.17) is 0 Å². The molecule has 0 unspecified atom stereocenters. The average molecular weight is 336 g/mol. The van der Waals surface area contributed by atoms with Gasteiger partial charge in [-0.3, -0.25) is 4.90 Å². The second-order valence-corrected chi connectivity index (χ2v) is 7.41. The molecule has 1 heteroatoms. The number of hydrogen-bond acceptors (Lipinski definition) is 1. The fourth-order valence-corrected chi connectivity index (χ4v) is 5.33. The summed E-state index contributed by atoms with van der Waals surface area (Å²) in [5.74, 6) is 0. The van der Waals surface area contributed by atoms with Crippen molar-refractivity contribution in [2.24, 2.45) is 0 Å². The van der Waals surface area contributed by atoms with Gasteiger partial charge in [0.25, 0.3) is 0 Å². The Bertz CT molecular complexity index is 641. The van der Waals surface area contributed by atoms with Gasteiger partial charge in [-0.2, -0.15) is 0 Å². The van der Waals surface area contributed by atoms with E-state index >= 15 is 0 Å². The molecule has 0 radical (unpaired) electrons. The van der Waals surface area contributed by atoms with Crippen molar-refractivity contribution in [3.63, 3.8) is 0 Å². The van der Waals surface area contributed by atoms with Crippen LogP contribution >= 0.6 is 0 Å². The Morgan fingerprint density at radius 3 is 1.52 bits per heavy atom. The molecule has 0 aromatic heterocycles.